The third-order valence-corrected chi connectivity index (χ3v) is 2.95. The maximum Gasteiger partial charge on any atom is 0.135 e. The van der Waals surface area contributed by atoms with Crippen LogP contribution in [0.1, 0.15) is 41.5 Å². The second-order valence-corrected chi connectivity index (χ2v) is 6.91. The standard InChI is InChI=1S/C15H27N3O2/c1-8-11-16-12(17(19)14(2,3)4)9-10-13(16)18(20)15(5,6)7/h8-10,19-20H,1,11H2,2-7H3. The predicted octanol–water partition coefficient (Wildman–Crippen LogP) is 3.66. The van der Waals surface area contributed by atoms with Crippen molar-refractivity contribution in [1.29, 1.82) is 0 Å². The van der Waals surface area contributed by atoms with Gasteiger partial charge in [0.05, 0.1) is 11.1 Å². The summed E-state index contributed by atoms with van der Waals surface area (Å²) in [5.41, 5.74) is -0.868. The van der Waals surface area contributed by atoms with Crippen molar-refractivity contribution in [1.82, 2.24) is 4.57 Å². The first-order valence-corrected chi connectivity index (χ1v) is 6.79. The van der Waals surface area contributed by atoms with Gasteiger partial charge in [0.1, 0.15) is 11.6 Å². The second-order valence-electron chi connectivity index (χ2n) is 6.91. The summed E-state index contributed by atoms with van der Waals surface area (Å²) in [4.78, 5) is 0. The zero-order chi connectivity index (χ0) is 15.7. The Kier molecular flexibility index (Phi) is 4.56. The highest BCUT2D eigenvalue weighted by molar-refractivity contribution is 5.54. The van der Waals surface area contributed by atoms with E-state index in [2.05, 4.69) is 6.58 Å². The summed E-state index contributed by atoms with van der Waals surface area (Å²) in [5, 5.41) is 23.1. The van der Waals surface area contributed by atoms with Crippen LogP contribution in [0.5, 0.6) is 0 Å². The molecule has 5 nitrogen and oxygen atoms in total. The second kappa shape index (κ2) is 5.50. The van der Waals surface area contributed by atoms with Crippen LogP contribution < -0.4 is 10.1 Å². The summed E-state index contributed by atoms with van der Waals surface area (Å²) in [7, 11) is 0. The molecule has 0 aliphatic heterocycles. The van der Waals surface area contributed by atoms with Gasteiger partial charge in [-0.15, -0.1) is 6.58 Å². The van der Waals surface area contributed by atoms with Crippen molar-refractivity contribution >= 4 is 11.6 Å². The number of nitrogens with zero attached hydrogens (tertiary/aromatic N) is 3. The molecule has 1 aromatic rings. The Morgan fingerprint density at radius 3 is 1.60 bits per heavy atom. The van der Waals surface area contributed by atoms with E-state index in [0.717, 1.165) is 0 Å². The van der Waals surface area contributed by atoms with Gasteiger partial charge in [-0.25, -0.2) is 10.1 Å². The lowest BCUT2D eigenvalue weighted by atomic mass is 10.1. The molecule has 1 aromatic heterocycles. The van der Waals surface area contributed by atoms with Crippen LogP contribution in [-0.2, 0) is 6.54 Å². The minimum atomic E-state index is -0.434. The molecule has 0 radical (unpaired) electrons. The van der Waals surface area contributed by atoms with E-state index in [4.69, 9.17) is 0 Å². The number of hydrogen-bond donors (Lipinski definition) is 2. The van der Waals surface area contributed by atoms with E-state index in [1.165, 1.54) is 10.1 Å². The monoisotopic (exact) mass is 281 g/mol. The van der Waals surface area contributed by atoms with Crippen molar-refractivity contribution in [2.45, 2.75) is 59.2 Å². The lowest BCUT2D eigenvalue weighted by Crippen LogP contribution is -2.42. The molecule has 0 amide bonds. The van der Waals surface area contributed by atoms with Crippen LogP contribution in [0.3, 0.4) is 0 Å². The van der Waals surface area contributed by atoms with Crippen LogP contribution in [0.4, 0.5) is 11.6 Å². The van der Waals surface area contributed by atoms with Crippen LogP contribution in [0.2, 0.25) is 0 Å². The summed E-state index contributed by atoms with van der Waals surface area (Å²) in [5.74, 6) is 1.24. The quantitative estimate of drug-likeness (QED) is 0.653. The molecule has 0 spiro atoms. The van der Waals surface area contributed by atoms with Crippen molar-refractivity contribution in [2.75, 3.05) is 10.1 Å². The molecule has 2 N–H and O–H groups in total. The Balaban J connectivity index is 3.30. The maximum absolute atomic E-state index is 10.3. The average Bonchev–Trinajstić information content (AvgIpc) is 2.68. The summed E-state index contributed by atoms with van der Waals surface area (Å²) in [6, 6.07) is 3.58. The maximum atomic E-state index is 10.3. The number of aromatic nitrogens is 1. The molecule has 0 unspecified atom stereocenters. The molecule has 0 atom stereocenters. The van der Waals surface area contributed by atoms with Crippen LogP contribution in [-0.4, -0.2) is 26.1 Å². The van der Waals surface area contributed by atoms with Gasteiger partial charge in [-0.1, -0.05) is 6.08 Å². The van der Waals surface area contributed by atoms with E-state index in [1.54, 1.807) is 18.2 Å². The number of allylic oxidation sites excluding steroid dienone is 1. The topological polar surface area (TPSA) is 51.9 Å². The molecule has 0 saturated carbocycles. The minimum absolute atomic E-state index is 0.434. The molecule has 0 fully saturated rings. The molecule has 0 saturated heterocycles. The van der Waals surface area contributed by atoms with E-state index in [-0.39, 0.29) is 0 Å². The summed E-state index contributed by atoms with van der Waals surface area (Å²) in [6.45, 7) is 15.7. The number of hydroxylamine groups is 2. The Morgan fingerprint density at radius 1 is 1.00 bits per heavy atom. The van der Waals surface area contributed by atoms with E-state index < -0.39 is 11.1 Å². The van der Waals surface area contributed by atoms with Gasteiger partial charge in [-0.2, -0.15) is 0 Å². The SMILES string of the molecule is C=CCn1c(N(O)C(C)(C)C)ccc1N(O)C(C)(C)C. The average molecular weight is 281 g/mol. The van der Waals surface area contributed by atoms with Crippen LogP contribution in [0, 0.1) is 0 Å². The first kappa shape index (κ1) is 16.6. The lowest BCUT2D eigenvalue weighted by Gasteiger charge is -2.34. The van der Waals surface area contributed by atoms with Gasteiger partial charge in [0.15, 0.2) is 0 Å². The zero-order valence-corrected chi connectivity index (χ0v) is 13.4. The molecule has 114 valence electrons. The third-order valence-electron chi connectivity index (χ3n) is 2.95. The summed E-state index contributed by atoms with van der Waals surface area (Å²) in [6.07, 6.45) is 1.74. The molecule has 0 aliphatic rings. The Bertz CT molecular complexity index is 429. The molecule has 0 aliphatic carbocycles. The molecular weight excluding hydrogens is 254 g/mol. The first-order chi connectivity index (χ1) is 9.00. The first-order valence-electron chi connectivity index (χ1n) is 6.79. The molecule has 1 rings (SSSR count). The van der Waals surface area contributed by atoms with Crippen molar-refractivity contribution < 1.29 is 10.4 Å². The van der Waals surface area contributed by atoms with Gasteiger partial charge in [-0.05, 0) is 53.7 Å². The Morgan fingerprint density at radius 2 is 1.35 bits per heavy atom. The van der Waals surface area contributed by atoms with Gasteiger partial charge in [0, 0.05) is 6.54 Å². The number of anilines is 2. The smallest absolute Gasteiger partial charge is 0.135 e. The van der Waals surface area contributed by atoms with Crippen molar-refractivity contribution in [3.05, 3.63) is 24.8 Å². The van der Waals surface area contributed by atoms with Gasteiger partial charge >= 0.3 is 0 Å². The van der Waals surface area contributed by atoms with E-state index in [9.17, 15) is 10.4 Å². The minimum Gasteiger partial charge on any atom is -0.307 e. The van der Waals surface area contributed by atoms with Crippen molar-refractivity contribution in [3.63, 3.8) is 0 Å². The predicted molar refractivity (Wildman–Crippen MR) is 82.7 cm³/mol. The van der Waals surface area contributed by atoms with Gasteiger partial charge in [-0.3, -0.25) is 10.4 Å². The molecule has 20 heavy (non-hydrogen) atoms. The molecule has 5 heteroatoms. The van der Waals surface area contributed by atoms with Crippen LogP contribution in [0.25, 0.3) is 0 Å². The van der Waals surface area contributed by atoms with E-state index in [0.29, 0.717) is 18.2 Å². The molecular formula is C15H27N3O2. The van der Waals surface area contributed by atoms with Crippen molar-refractivity contribution in [3.8, 4) is 0 Å². The van der Waals surface area contributed by atoms with Gasteiger partial charge < -0.3 is 4.57 Å². The highest BCUT2D eigenvalue weighted by Crippen LogP contribution is 2.31. The van der Waals surface area contributed by atoms with E-state index >= 15 is 0 Å². The lowest BCUT2D eigenvalue weighted by molar-refractivity contribution is 0.168. The fourth-order valence-electron chi connectivity index (χ4n) is 1.82. The fraction of sp³-hybridized carbons (Fsp3) is 0.600. The number of rotatable bonds is 4. The third kappa shape index (κ3) is 3.35. The summed E-state index contributed by atoms with van der Waals surface area (Å²) < 4.78 is 1.82. The molecule has 1 heterocycles. The molecule has 0 bridgehead atoms. The van der Waals surface area contributed by atoms with Gasteiger partial charge in [0.25, 0.3) is 0 Å². The Labute approximate surface area is 121 Å². The highest BCUT2D eigenvalue weighted by atomic mass is 16.5. The number of hydrogen-bond acceptors (Lipinski definition) is 4. The van der Waals surface area contributed by atoms with E-state index in [1.807, 2.05) is 46.1 Å². The van der Waals surface area contributed by atoms with Crippen LogP contribution >= 0.6 is 0 Å². The largest absolute Gasteiger partial charge is 0.307 e. The van der Waals surface area contributed by atoms with Crippen LogP contribution in [0.15, 0.2) is 24.8 Å². The molecule has 0 aromatic carbocycles. The highest BCUT2D eigenvalue weighted by Gasteiger charge is 2.28. The van der Waals surface area contributed by atoms with Crippen molar-refractivity contribution in [2.24, 2.45) is 0 Å². The summed E-state index contributed by atoms with van der Waals surface area (Å²) >= 11 is 0. The van der Waals surface area contributed by atoms with Gasteiger partial charge in [0.2, 0.25) is 0 Å². The fourth-order valence-corrected chi connectivity index (χ4v) is 1.82. The zero-order valence-electron chi connectivity index (χ0n) is 13.4. The Hall–Kier alpha value is -1.46. The normalized spacial score (nSPS) is 12.4.